The molecule has 4 nitrogen and oxygen atoms in total. The van der Waals surface area contributed by atoms with Crippen molar-refractivity contribution >= 4 is 0 Å². The van der Waals surface area contributed by atoms with Crippen LogP contribution in [0, 0.1) is 11.3 Å². The lowest BCUT2D eigenvalue weighted by Gasteiger charge is -2.30. The summed E-state index contributed by atoms with van der Waals surface area (Å²) in [5, 5.41) is 13.2. The first-order valence-electron chi connectivity index (χ1n) is 5.41. The van der Waals surface area contributed by atoms with Crippen molar-refractivity contribution in [3.8, 4) is 6.07 Å². The first-order chi connectivity index (χ1) is 7.29. The van der Waals surface area contributed by atoms with E-state index in [1.54, 1.807) is 4.68 Å². The minimum absolute atomic E-state index is 0.0963. The number of nitriles is 1. The minimum Gasteiger partial charge on any atom is -0.284 e. The average molecular weight is 204 g/mol. The molecule has 0 N–H and O–H groups in total. The monoisotopic (exact) mass is 204 g/mol. The number of hydrogen-bond donors (Lipinski definition) is 0. The molecule has 0 saturated carbocycles. The fourth-order valence-corrected chi connectivity index (χ4v) is 2.11. The fraction of sp³-hybridized carbons (Fsp3) is 0.636. The summed E-state index contributed by atoms with van der Waals surface area (Å²) < 4.78 is 1.81. The highest BCUT2D eigenvalue weighted by atomic mass is 15.2. The Bertz CT molecular complexity index is 363. The van der Waals surface area contributed by atoms with Crippen molar-refractivity contribution in [1.82, 2.24) is 14.7 Å². The average Bonchev–Trinajstić information content (AvgIpc) is 2.65. The highest BCUT2D eigenvalue weighted by molar-refractivity contribution is 5.06. The number of rotatable bonds is 2. The third-order valence-corrected chi connectivity index (χ3v) is 2.91. The Balaban J connectivity index is 2.01. The molecule has 0 radical (unpaired) electrons. The van der Waals surface area contributed by atoms with Crippen molar-refractivity contribution in [2.45, 2.75) is 31.8 Å². The number of likely N-dealkylation sites (tertiary alicyclic amines) is 1. The summed E-state index contributed by atoms with van der Waals surface area (Å²) in [7, 11) is 1.92. The lowest BCUT2D eigenvalue weighted by molar-refractivity contribution is 0.176. The van der Waals surface area contributed by atoms with Crippen molar-refractivity contribution in [2.75, 3.05) is 6.54 Å². The minimum atomic E-state index is 0.0963. The van der Waals surface area contributed by atoms with Crippen LogP contribution in [0.25, 0.3) is 0 Å². The van der Waals surface area contributed by atoms with Gasteiger partial charge in [0.05, 0.1) is 18.3 Å². The second kappa shape index (κ2) is 4.45. The van der Waals surface area contributed by atoms with E-state index in [-0.39, 0.29) is 6.04 Å². The van der Waals surface area contributed by atoms with Gasteiger partial charge in [-0.1, -0.05) is 0 Å². The smallest absolute Gasteiger partial charge is 0.0980 e. The molecular formula is C11H16N4. The van der Waals surface area contributed by atoms with Gasteiger partial charge in [-0.25, -0.2) is 0 Å². The zero-order chi connectivity index (χ0) is 10.7. The molecule has 2 rings (SSSR count). The number of nitrogens with zero attached hydrogens (tertiary/aromatic N) is 4. The van der Waals surface area contributed by atoms with Gasteiger partial charge >= 0.3 is 0 Å². The van der Waals surface area contributed by atoms with Gasteiger partial charge in [0.15, 0.2) is 0 Å². The van der Waals surface area contributed by atoms with E-state index in [0.29, 0.717) is 0 Å². The molecule has 1 aromatic rings. The van der Waals surface area contributed by atoms with Crippen LogP contribution in [-0.2, 0) is 13.6 Å². The second-order valence-corrected chi connectivity index (χ2v) is 4.13. The van der Waals surface area contributed by atoms with E-state index in [9.17, 15) is 0 Å². The first kappa shape index (κ1) is 10.2. The normalized spacial score (nSPS) is 22.5. The molecule has 80 valence electrons. The molecule has 0 bridgehead atoms. The van der Waals surface area contributed by atoms with Crippen molar-refractivity contribution in [2.24, 2.45) is 7.05 Å². The van der Waals surface area contributed by atoms with E-state index in [1.165, 1.54) is 18.4 Å². The summed E-state index contributed by atoms with van der Waals surface area (Å²) in [4.78, 5) is 2.25. The van der Waals surface area contributed by atoms with E-state index >= 15 is 0 Å². The maximum absolute atomic E-state index is 9.03. The van der Waals surface area contributed by atoms with Crippen molar-refractivity contribution in [3.05, 3.63) is 18.0 Å². The third-order valence-electron chi connectivity index (χ3n) is 2.91. The molecule has 4 heteroatoms. The third kappa shape index (κ3) is 2.37. The Morgan fingerprint density at radius 2 is 2.47 bits per heavy atom. The molecule has 1 aliphatic rings. The maximum Gasteiger partial charge on any atom is 0.0980 e. The number of piperidine rings is 1. The molecule has 1 aliphatic heterocycles. The van der Waals surface area contributed by atoms with Crippen LogP contribution in [0.2, 0.25) is 0 Å². The van der Waals surface area contributed by atoms with E-state index in [1.807, 2.05) is 19.4 Å². The molecule has 1 atom stereocenters. The zero-order valence-electron chi connectivity index (χ0n) is 9.06. The van der Waals surface area contributed by atoms with Gasteiger partial charge in [-0.3, -0.25) is 9.58 Å². The highest BCUT2D eigenvalue weighted by Gasteiger charge is 2.21. The summed E-state index contributed by atoms with van der Waals surface area (Å²) in [6.07, 6.45) is 7.29. The SMILES string of the molecule is Cn1cc(CN2CCCCC2C#N)cn1. The van der Waals surface area contributed by atoms with Crippen LogP contribution in [0.4, 0.5) is 0 Å². The van der Waals surface area contributed by atoms with Crippen molar-refractivity contribution in [1.29, 1.82) is 5.26 Å². The summed E-state index contributed by atoms with van der Waals surface area (Å²) in [6.45, 7) is 1.89. The van der Waals surface area contributed by atoms with Gasteiger partial charge < -0.3 is 0 Å². The number of aromatic nitrogens is 2. The summed E-state index contributed by atoms with van der Waals surface area (Å²) in [5.74, 6) is 0. The molecule has 1 fully saturated rings. The van der Waals surface area contributed by atoms with Crippen molar-refractivity contribution in [3.63, 3.8) is 0 Å². The molecule has 1 saturated heterocycles. The molecular weight excluding hydrogens is 188 g/mol. The van der Waals surface area contributed by atoms with Gasteiger partial charge in [-0.05, 0) is 25.8 Å². The van der Waals surface area contributed by atoms with Gasteiger partial charge in [-0.2, -0.15) is 10.4 Å². The second-order valence-electron chi connectivity index (χ2n) is 4.13. The Morgan fingerprint density at radius 3 is 3.13 bits per heavy atom. The van der Waals surface area contributed by atoms with Gasteiger partial charge in [-0.15, -0.1) is 0 Å². The maximum atomic E-state index is 9.03. The van der Waals surface area contributed by atoms with E-state index in [0.717, 1.165) is 19.5 Å². The van der Waals surface area contributed by atoms with Crippen LogP contribution in [0.15, 0.2) is 12.4 Å². The number of aryl methyl sites for hydroxylation is 1. The molecule has 0 amide bonds. The first-order valence-corrected chi connectivity index (χ1v) is 5.41. The predicted octanol–water partition coefficient (Wildman–Crippen LogP) is 1.30. The lowest BCUT2D eigenvalue weighted by Crippen LogP contribution is -2.37. The van der Waals surface area contributed by atoms with Crippen LogP contribution < -0.4 is 0 Å². The van der Waals surface area contributed by atoms with Crippen LogP contribution in [0.1, 0.15) is 24.8 Å². The molecule has 0 aliphatic carbocycles. The van der Waals surface area contributed by atoms with Crippen LogP contribution in [0.5, 0.6) is 0 Å². The topological polar surface area (TPSA) is 44.9 Å². The number of hydrogen-bond acceptors (Lipinski definition) is 3. The molecule has 0 aromatic carbocycles. The lowest BCUT2D eigenvalue weighted by atomic mass is 10.0. The molecule has 0 spiro atoms. The molecule has 1 unspecified atom stereocenters. The fourth-order valence-electron chi connectivity index (χ4n) is 2.11. The van der Waals surface area contributed by atoms with E-state index in [4.69, 9.17) is 5.26 Å². The van der Waals surface area contributed by atoms with Gasteiger partial charge in [0.2, 0.25) is 0 Å². The van der Waals surface area contributed by atoms with Gasteiger partial charge in [0.25, 0.3) is 0 Å². The van der Waals surface area contributed by atoms with Crippen LogP contribution in [0.3, 0.4) is 0 Å². The standard InChI is InChI=1S/C11H16N4/c1-14-8-10(7-13-14)9-15-5-3-2-4-11(15)6-12/h7-8,11H,2-5,9H2,1H3. The molecule has 2 heterocycles. The Kier molecular flexibility index (Phi) is 3.02. The zero-order valence-corrected chi connectivity index (χ0v) is 9.06. The van der Waals surface area contributed by atoms with E-state index < -0.39 is 0 Å². The van der Waals surface area contributed by atoms with E-state index in [2.05, 4.69) is 16.1 Å². The summed E-state index contributed by atoms with van der Waals surface area (Å²) in [5.41, 5.74) is 1.19. The Morgan fingerprint density at radius 1 is 1.60 bits per heavy atom. The Labute approximate surface area is 90.1 Å². The van der Waals surface area contributed by atoms with Gasteiger partial charge in [0.1, 0.15) is 0 Å². The largest absolute Gasteiger partial charge is 0.284 e. The van der Waals surface area contributed by atoms with Crippen molar-refractivity contribution < 1.29 is 0 Å². The molecule has 15 heavy (non-hydrogen) atoms. The van der Waals surface area contributed by atoms with Crippen LogP contribution in [-0.4, -0.2) is 27.3 Å². The molecule has 1 aromatic heterocycles. The Hall–Kier alpha value is -1.34. The van der Waals surface area contributed by atoms with Crippen LogP contribution >= 0.6 is 0 Å². The summed E-state index contributed by atoms with van der Waals surface area (Å²) in [6, 6.07) is 2.48. The highest BCUT2D eigenvalue weighted by Crippen LogP contribution is 2.18. The predicted molar refractivity (Wildman–Crippen MR) is 56.9 cm³/mol. The van der Waals surface area contributed by atoms with Gasteiger partial charge in [0, 0.05) is 25.4 Å². The summed E-state index contributed by atoms with van der Waals surface area (Å²) >= 11 is 0. The quantitative estimate of drug-likeness (QED) is 0.729.